The van der Waals surface area contributed by atoms with Gasteiger partial charge >= 0.3 is 51.4 Å². The first-order valence-electron chi connectivity index (χ1n) is 12.6. The van der Waals surface area contributed by atoms with Crippen molar-refractivity contribution in [2.24, 2.45) is 0 Å². The molecule has 6 nitrogen and oxygen atoms in total. The van der Waals surface area contributed by atoms with Crippen LogP contribution in [0.4, 0.5) is 0 Å². The number of alkyl halides is 1. The summed E-state index contributed by atoms with van der Waals surface area (Å²) in [6, 6.07) is 13.6. The maximum absolute atomic E-state index is 12.0. The SMILES string of the molecule is C=CCCCCCBr.C=CCCCCCN1C(=O)c2ccccc2C1=O.O=C1[N-]C(=O)c2ccccc21.[K+]. The van der Waals surface area contributed by atoms with Crippen LogP contribution in [0.3, 0.4) is 0 Å². The minimum atomic E-state index is -0.425. The van der Waals surface area contributed by atoms with E-state index >= 15 is 0 Å². The molecular formula is C30H34BrKN2O4. The molecule has 2 aromatic rings. The number of carbonyl (C=O) groups excluding carboxylic acids is 4. The van der Waals surface area contributed by atoms with Gasteiger partial charge in [0.05, 0.1) is 22.9 Å². The molecule has 0 atom stereocenters. The summed E-state index contributed by atoms with van der Waals surface area (Å²) in [6.45, 7) is 7.83. The second kappa shape index (κ2) is 19.4. The molecule has 0 bridgehead atoms. The normalized spacial score (nSPS) is 12.7. The van der Waals surface area contributed by atoms with Crippen LogP contribution < -0.4 is 51.4 Å². The first kappa shape index (κ1) is 34.3. The van der Waals surface area contributed by atoms with Crippen LogP contribution in [0.5, 0.6) is 0 Å². The standard InChI is InChI=1S/C15H17NO2.C8H5NO2.C7H13Br.K/c1-2-3-4-5-8-11-16-14(17)12-9-6-7-10-13(12)15(16)18;10-7-5-3-1-2-4-6(5)8(11)9-7;1-2-3-4-5-6-7-8;/h2,6-7,9-10H,1,3-5,8,11H2;1-4H,(H,9,10,11);2H,1,3-7H2;/q;;;+1/p-1. The Morgan fingerprint density at radius 2 is 1.08 bits per heavy atom. The maximum Gasteiger partial charge on any atom is 1.00 e. The minimum absolute atomic E-state index is 0. The molecule has 8 heteroatoms. The zero-order valence-electron chi connectivity index (χ0n) is 22.2. The molecule has 0 N–H and O–H groups in total. The summed E-state index contributed by atoms with van der Waals surface area (Å²) in [6.07, 6.45) is 12.9. The minimum Gasteiger partial charge on any atom is -0.587 e. The van der Waals surface area contributed by atoms with Crippen LogP contribution in [0.25, 0.3) is 5.32 Å². The van der Waals surface area contributed by atoms with Crippen LogP contribution >= 0.6 is 15.9 Å². The van der Waals surface area contributed by atoms with E-state index in [0.29, 0.717) is 28.8 Å². The molecule has 0 aromatic heterocycles. The third kappa shape index (κ3) is 10.5. The van der Waals surface area contributed by atoms with E-state index in [-0.39, 0.29) is 63.2 Å². The quantitative estimate of drug-likeness (QED) is 0.124. The number of carbonyl (C=O) groups is 4. The van der Waals surface area contributed by atoms with Crippen molar-refractivity contribution in [3.63, 3.8) is 0 Å². The largest absolute Gasteiger partial charge is 1.00 e. The Labute approximate surface area is 276 Å². The molecule has 2 aliphatic rings. The molecule has 4 amide bonds. The topological polar surface area (TPSA) is 85.6 Å². The van der Waals surface area contributed by atoms with Crippen LogP contribution in [0.2, 0.25) is 0 Å². The monoisotopic (exact) mass is 604 g/mol. The third-order valence-corrected chi connectivity index (χ3v) is 6.36. The van der Waals surface area contributed by atoms with Gasteiger partial charge in [-0.25, -0.2) is 0 Å². The van der Waals surface area contributed by atoms with Gasteiger partial charge in [0.15, 0.2) is 0 Å². The average Bonchev–Trinajstić information content (AvgIpc) is 3.35. The molecule has 0 fully saturated rings. The number of allylic oxidation sites excluding steroid dienone is 2. The molecule has 4 rings (SSSR count). The number of halogens is 1. The van der Waals surface area contributed by atoms with Crippen molar-refractivity contribution in [2.75, 3.05) is 11.9 Å². The Morgan fingerprint density at radius 1 is 0.658 bits per heavy atom. The predicted octanol–water partition coefficient (Wildman–Crippen LogP) is 4.52. The summed E-state index contributed by atoms with van der Waals surface area (Å²) < 4.78 is 0. The van der Waals surface area contributed by atoms with Gasteiger partial charge in [0.2, 0.25) is 0 Å². The van der Waals surface area contributed by atoms with Crippen molar-refractivity contribution in [3.05, 3.63) is 101 Å². The average molecular weight is 606 g/mol. The first-order chi connectivity index (χ1) is 18.0. The number of imide groups is 2. The Morgan fingerprint density at radius 3 is 1.50 bits per heavy atom. The summed E-state index contributed by atoms with van der Waals surface area (Å²) in [5.41, 5.74) is 1.90. The van der Waals surface area contributed by atoms with Crippen LogP contribution in [0.15, 0.2) is 73.8 Å². The van der Waals surface area contributed by atoms with Crippen molar-refractivity contribution < 1.29 is 70.6 Å². The number of hydrogen-bond donors (Lipinski definition) is 0. The fraction of sp³-hybridized carbons (Fsp3) is 0.333. The van der Waals surface area contributed by atoms with Gasteiger partial charge in [-0.15, -0.1) is 13.2 Å². The molecule has 0 spiro atoms. The van der Waals surface area contributed by atoms with Crippen molar-refractivity contribution in [2.45, 2.75) is 51.4 Å². The molecule has 196 valence electrons. The second-order valence-electron chi connectivity index (χ2n) is 8.54. The van der Waals surface area contributed by atoms with Gasteiger partial charge in [0, 0.05) is 23.0 Å². The van der Waals surface area contributed by atoms with Crippen molar-refractivity contribution in [1.29, 1.82) is 0 Å². The molecule has 38 heavy (non-hydrogen) atoms. The van der Waals surface area contributed by atoms with E-state index in [2.05, 4.69) is 34.4 Å². The smallest absolute Gasteiger partial charge is 0.587 e. The Bertz CT molecular complexity index is 1050. The molecule has 0 saturated carbocycles. The number of fused-ring (bicyclic) bond motifs is 2. The van der Waals surface area contributed by atoms with Gasteiger partial charge in [0.25, 0.3) is 11.8 Å². The molecule has 2 heterocycles. The molecule has 0 radical (unpaired) electrons. The summed E-state index contributed by atoms with van der Waals surface area (Å²) in [4.78, 5) is 47.2. The van der Waals surface area contributed by atoms with Crippen molar-refractivity contribution >= 4 is 39.6 Å². The number of unbranched alkanes of at least 4 members (excludes halogenated alkanes) is 6. The van der Waals surface area contributed by atoms with E-state index in [9.17, 15) is 19.2 Å². The van der Waals surface area contributed by atoms with Crippen molar-refractivity contribution in [1.82, 2.24) is 4.90 Å². The Kier molecular flexibility index (Phi) is 17.5. The number of benzene rings is 2. The number of nitrogens with zero attached hydrogens (tertiary/aromatic N) is 2. The van der Waals surface area contributed by atoms with E-state index in [1.54, 1.807) is 48.5 Å². The first-order valence-corrected chi connectivity index (χ1v) is 13.7. The molecule has 2 aromatic carbocycles. The van der Waals surface area contributed by atoms with Gasteiger partial charge in [-0.1, -0.05) is 77.3 Å². The molecular weight excluding hydrogens is 571 g/mol. The zero-order chi connectivity index (χ0) is 27.0. The molecule has 2 aliphatic heterocycles. The van der Waals surface area contributed by atoms with Gasteiger partial charge < -0.3 is 14.9 Å². The van der Waals surface area contributed by atoms with Gasteiger partial charge in [-0.3, -0.25) is 14.5 Å². The van der Waals surface area contributed by atoms with E-state index in [4.69, 9.17) is 0 Å². The third-order valence-electron chi connectivity index (χ3n) is 5.80. The van der Waals surface area contributed by atoms with Crippen LogP contribution in [0.1, 0.15) is 92.8 Å². The molecule has 0 aliphatic carbocycles. The van der Waals surface area contributed by atoms with E-state index < -0.39 is 11.8 Å². The van der Waals surface area contributed by atoms with E-state index in [1.807, 2.05) is 12.2 Å². The van der Waals surface area contributed by atoms with E-state index in [0.717, 1.165) is 31.0 Å². The zero-order valence-corrected chi connectivity index (χ0v) is 26.9. The number of rotatable bonds is 11. The number of hydrogen-bond acceptors (Lipinski definition) is 4. The van der Waals surface area contributed by atoms with Crippen LogP contribution in [-0.4, -0.2) is 40.4 Å². The molecule has 0 saturated heterocycles. The maximum atomic E-state index is 12.0. The van der Waals surface area contributed by atoms with Crippen LogP contribution in [-0.2, 0) is 0 Å². The number of amides is 4. The van der Waals surface area contributed by atoms with Gasteiger partial charge in [-0.05, 0) is 50.7 Å². The van der Waals surface area contributed by atoms with Gasteiger partial charge in [0.1, 0.15) is 0 Å². The fourth-order valence-electron chi connectivity index (χ4n) is 3.81. The summed E-state index contributed by atoms with van der Waals surface area (Å²) in [5, 5.41) is 4.42. The van der Waals surface area contributed by atoms with Crippen molar-refractivity contribution in [3.8, 4) is 0 Å². The molecule has 0 unspecified atom stereocenters. The predicted molar refractivity (Wildman–Crippen MR) is 151 cm³/mol. The summed E-state index contributed by atoms with van der Waals surface area (Å²) in [5.74, 6) is -1.16. The second-order valence-corrected chi connectivity index (χ2v) is 9.33. The van der Waals surface area contributed by atoms with Gasteiger partial charge in [-0.2, -0.15) is 0 Å². The fourth-order valence-corrected chi connectivity index (χ4v) is 4.20. The summed E-state index contributed by atoms with van der Waals surface area (Å²) in [7, 11) is 0. The van der Waals surface area contributed by atoms with Crippen LogP contribution in [0, 0.1) is 0 Å². The Balaban J connectivity index is 0.000000309. The van der Waals surface area contributed by atoms with E-state index in [1.165, 1.54) is 30.6 Å². The summed E-state index contributed by atoms with van der Waals surface area (Å²) >= 11 is 3.38. The Hall–Kier alpha value is -1.68.